The third kappa shape index (κ3) is 7.19. The smallest absolute Gasteiger partial charge is 0 e. The second kappa shape index (κ2) is 14.2. The van der Waals surface area contributed by atoms with Gasteiger partial charge in [-0.25, -0.2) is 0 Å². The van der Waals surface area contributed by atoms with Gasteiger partial charge in [-0.2, -0.15) is 0 Å². The van der Waals surface area contributed by atoms with E-state index >= 15 is 0 Å². The third-order valence-electron chi connectivity index (χ3n) is 9.15. The summed E-state index contributed by atoms with van der Waals surface area (Å²) in [5.41, 5.74) is 7.91. The van der Waals surface area contributed by atoms with Gasteiger partial charge in [0.25, 0.3) is 0 Å². The van der Waals surface area contributed by atoms with Gasteiger partial charge in [-0.05, 0) is 45.8 Å². The van der Waals surface area contributed by atoms with Crippen LogP contribution in [0.5, 0.6) is 0 Å². The topological polar surface area (TPSA) is 38.9 Å². The van der Waals surface area contributed by atoms with Gasteiger partial charge in [0.15, 0.2) is 0 Å². The fourth-order valence-electron chi connectivity index (χ4n) is 6.14. The van der Waals surface area contributed by atoms with Gasteiger partial charge in [0, 0.05) is 37.1 Å². The van der Waals surface area contributed by atoms with E-state index < -0.39 is 13.3 Å². The van der Waals surface area contributed by atoms with Crippen LogP contribution in [0.2, 0.25) is 17.3 Å². The number of nitrogens with zero attached hydrogens (tertiary/aromatic N) is 2. The van der Waals surface area contributed by atoms with E-state index in [1.807, 2.05) is 42.7 Å². The molecule has 3 aromatic heterocycles. The first kappa shape index (κ1) is 34.5. The summed E-state index contributed by atoms with van der Waals surface area (Å²) in [5, 5.41) is 4.60. The standard InChI is InChI=1S/C30H22NO.C14H16GeN.Ir/c1-30(2,22-11-4-3-5-12-22)23-15-16-31-27(19-23)25-14-8-13-24-26-17-20-9-6-7-10-21(20)18-28(26)32-29(24)25;1-15(2,3)13-9-10-14(16-11-13)12-7-5-4-6-8-12;/h3-13,15-19H,1-2H3;4-7,9-11H,1-3H3;/q2*-1;. The Hall–Kier alpha value is -4.35. The zero-order chi connectivity index (χ0) is 33.3. The average Bonchev–Trinajstić information content (AvgIpc) is 3.49. The first-order valence-electron chi connectivity index (χ1n) is 16.4. The summed E-state index contributed by atoms with van der Waals surface area (Å²) < 4.78 is 7.83. The Labute approximate surface area is 305 Å². The van der Waals surface area contributed by atoms with Crippen molar-refractivity contribution in [3.05, 3.63) is 163 Å². The second-order valence-electron chi connectivity index (χ2n) is 13.8. The average molecular weight is 876 g/mol. The predicted octanol–water partition coefficient (Wildman–Crippen LogP) is 11.0. The molecule has 5 aromatic carbocycles. The van der Waals surface area contributed by atoms with Crippen LogP contribution in [0, 0.1) is 12.1 Å². The number of hydrogen-bond donors (Lipinski definition) is 0. The molecule has 0 unspecified atom stereocenters. The molecule has 0 saturated carbocycles. The number of aromatic nitrogens is 2. The molecule has 0 amide bonds. The van der Waals surface area contributed by atoms with Gasteiger partial charge >= 0.3 is 99.8 Å². The number of rotatable bonds is 5. The Morgan fingerprint density at radius 3 is 2.06 bits per heavy atom. The fourth-order valence-corrected chi connectivity index (χ4v) is 8.32. The Morgan fingerprint density at radius 2 is 1.37 bits per heavy atom. The number of fused-ring (bicyclic) bond motifs is 4. The van der Waals surface area contributed by atoms with Crippen molar-refractivity contribution in [2.24, 2.45) is 0 Å². The Morgan fingerprint density at radius 1 is 0.633 bits per heavy atom. The van der Waals surface area contributed by atoms with E-state index in [-0.39, 0.29) is 25.5 Å². The number of benzene rings is 5. The van der Waals surface area contributed by atoms with Crippen molar-refractivity contribution in [3.8, 4) is 22.5 Å². The monoisotopic (exact) mass is 877 g/mol. The van der Waals surface area contributed by atoms with Crippen molar-refractivity contribution < 1.29 is 24.5 Å². The summed E-state index contributed by atoms with van der Waals surface area (Å²) in [6, 6.07) is 50.5. The molecule has 3 nitrogen and oxygen atoms in total. The second-order valence-corrected chi connectivity index (χ2v) is 24.4. The molecule has 0 N–H and O–H groups in total. The van der Waals surface area contributed by atoms with Crippen molar-refractivity contribution in [1.82, 2.24) is 9.97 Å². The van der Waals surface area contributed by atoms with Crippen molar-refractivity contribution in [3.63, 3.8) is 0 Å². The summed E-state index contributed by atoms with van der Waals surface area (Å²) in [7, 11) is 0. The molecule has 0 aliphatic heterocycles. The van der Waals surface area contributed by atoms with Gasteiger partial charge in [0.1, 0.15) is 5.58 Å². The maximum Gasteiger partial charge on any atom is 0 e. The van der Waals surface area contributed by atoms with Crippen molar-refractivity contribution in [2.45, 2.75) is 36.5 Å². The van der Waals surface area contributed by atoms with Crippen LogP contribution in [0.15, 0.2) is 144 Å². The van der Waals surface area contributed by atoms with E-state index in [0.29, 0.717) is 0 Å². The molecular weight excluding hydrogens is 837 g/mol. The van der Waals surface area contributed by atoms with Crippen LogP contribution < -0.4 is 4.40 Å². The molecule has 0 spiro atoms. The molecule has 1 radical (unpaired) electrons. The van der Waals surface area contributed by atoms with Crippen molar-refractivity contribution >= 4 is 50.4 Å². The molecule has 0 aliphatic carbocycles. The summed E-state index contributed by atoms with van der Waals surface area (Å²) in [6.07, 6.45) is 3.93. The van der Waals surface area contributed by atoms with Gasteiger partial charge in [0.05, 0.1) is 5.58 Å². The van der Waals surface area contributed by atoms with Crippen LogP contribution in [0.25, 0.3) is 55.2 Å². The predicted molar refractivity (Wildman–Crippen MR) is 203 cm³/mol. The van der Waals surface area contributed by atoms with Crippen LogP contribution in [-0.4, -0.2) is 23.2 Å². The quantitative estimate of drug-likeness (QED) is 0.128. The Balaban J connectivity index is 0.000000208. The first-order valence-corrected chi connectivity index (χ1v) is 23.7. The fraction of sp³-hybridized carbons (Fsp3) is 0.136. The number of hydrogen-bond acceptors (Lipinski definition) is 3. The molecule has 5 heteroatoms. The minimum Gasteiger partial charge on any atom is 0 e. The molecule has 3 heterocycles. The summed E-state index contributed by atoms with van der Waals surface area (Å²) >= 11 is -1.72. The number of furan rings is 1. The third-order valence-corrected chi connectivity index (χ3v) is 13.4. The van der Waals surface area contributed by atoms with Crippen LogP contribution in [0.3, 0.4) is 0 Å². The summed E-state index contributed by atoms with van der Waals surface area (Å²) in [5.74, 6) is 7.14. The van der Waals surface area contributed by atoms with Gasteiger partial charge in [0.2, 0.25) is 0 Å². The van der Waals surface area contributed by atoms with Crippen LogP contribution in [-0.2, 0) is 25.5 Å². The van der Waals surface area contributed by atoms with Gasteiger partial charge < -0.3 is 9.40 Å². The Bertz CT molecular complexity index is 2340. The van der Waals surface area contributed by atoms with Crippen molar-refractivity contribution in [2.75, 3.05) is 0 Å². The maximum atomic E-state index is 6.38. The van der Waals surface area contributed by atoms with Crippen molar-refractivity contribution in [1.29, 1.82) is 0 Å². The number of pyridine rings is 2. The van der Waals surface area contributed by atoms with E-state index in [4.69, 9.17) is 9.40 Å². The van der Waals surface area contributed by atoms with Crippen LogP contribution >= 0.6 is 0 Å². The first-order chi connectivity index (χ1) is 23.2. The van der Waals surface area contributed by atoms with E-state index in [0.717, 1.165) is 44.5 Å². The zero-order valence-electron chi connectivity index (χ0n) is 28.4. The molecule has 0 bridgehead atoms. The Kier molecular flexibility index (Phi) is 10.0. The van der Waals surface area contributed by atoms with E-state index in [2.05, 4.69) is 145 Å². The van der Waals surface area contributed by atoms with Gasteiger partial charge in [-0.1, -0.05) is 85.5 Å². The molecule has 8 rings (SSSR count). The maximum absolute atomic E-state index is 6.38. The van der Waals surface area contributed by atoms with E-state index in [9.17, 15) is 0 Å². The summed E-state index contributed by atoms with van der Waals surface area (Å²) in [4.78, 5) is 9.23. The molecule has 0 aliphatic rings. The minimum absolute atomic E-state index is 0. The van der Waals surface area contributed by atoms with Gasteiger partial charge in [-0.3, -0.25) is 0 Å². The largest absolute Gasteiger partial charge is 0 e. The molecule has 8 aromatic rings. The molecule has 0 saturated heterocycles. The minimum atomic E-state index is -1.72. The molecular formula is C44H38GeIrN2O-2. The SMILES string of the molecule is CC(C)(c1ccccc1)c1ccnc(-c2[c-]ccc3c2oc2cc4ccccc4cc23)c1.[CH3][Ge]([CH3])([CH3])[c]1ccc(-c2[c-]cccc2)nc1.[Ir]. The normalized spacial score (nSPS) is 11.6. The van der Waals surface area contributed by atoms with E-state index in [1.165, 1.54) is 26.3 Å². The molecule has 0 fully saturated rings. The van der Waals surface area contributed by atoms with Crippen LogP contribution in [0.1, 0.15) is 25.0 Å². The molecule has 0 atom stereocenters. The summed E-state index contributed by atoms with van der Waals surface area (Å²) in [6.45, 7) is 4.50. The van der Waals surface area contributed by atoms with Crippen LogP contribution in [0.4, 0.5) is 0 Å². The van der Waals surface area contributed by atoms with Gasteiger partial charge in [-0.15, -0.1) is 18.2 Å². The molecule has 245 valence electrons. The molecule has 49 heavy (non-hydrogen) atoms. The zero-order valence-corrected chi connectivity index (χ0v) is 32.9. The van der Waals surface area contributed by atoms with E-state index in [1.54, 1.807) is 0 Å².